The molecule has 0 saturated heterocycles. The third-order valence-electron chi connectivity index (χ3n) is 3.31. The summed E-state index contributed by atoms with van der Waals surface area (Å²) in [5, 5.41) is 12.4. The van der Waals surface area contributed by atoms with Gasteiger partial charge in [-0.25, -0.2) is 0 Å². The molecule has 0 aromatic heterocycles. The normalized spacial score (nSPS) is 15.9. The van der Waals surface area contributed by atoms with Gasteiger partial charge in [-0.3, -0.25) is 14.5 Å². The minimum absolute atomic E-state index is 0.0741. The summed E-state index contributed by atoms with van der Waals surface area (Å²) >= 11 is 5.85. The number of nitrogens with one attached hydrogen (secondary N) is 1. The molecule has 1 aromatic carbocycles. The maximum Gasteiger partial charge on any atom is 0.320 e. The first-order valence-corrected chi connectivity index (χ1v) is 6.89. The first-order valence-electron chi connectivity index (χ1n) is 6.51. The molecule has 0 aliphatic heterocycles. The minimum atomic E-state index is -0.910. The first kappa shape index (κ1) is 14.8. The van der Waals surface area contributed by atoms with Gasteiger partial charge < -0.3 is 10.4 Å². The number of rotatable bonds is 6. The Morgan fingerprint density at radius 1 is 1.50 bits per heavy atom. The zero-order valence-electron chi connectivity index (χ0n) is 11.2. The monoisotopic (exact) mass is 296 g/mol. The van der Waals surface area contributed by atoms with E-state index in [0.29, 0.717) is 10.7 Å². The van der Waals surface area contributed by atoms with Crippen LogP contribution in [0.15, 0.2) is 24.3 Å². The summed E-state index contributed by atoms with van der Waals surface area (Å²) in [7, 11) is 0. The fourth-order valence-electron chi connectivity index (χ4n) is 2.06. The standard InChI is InChI=1S/C14H17ClN2O3/c1-9(14(19)20)17(12-5-6-12)8-13(18)16-11-4-2-3-10(15)7-11/h2-4,7,9,12H,5-6,8H2,1H3,(H,16,18)(H,19,20). The molecule has 1 unspecified atom stereocenters. The maximum absolute atomic E-state index is 12.0. The second-order valence-corrected chi connectivity index (χ2v) is 5.41. The quantitative estimate of drug-likeness (QED) is 0.844. The van der Waals surface area contributed by atoms with Crippen LogP contribution < -0.4 is 5.32 Å². The highest BCUT2D eigenvalue weighted by Crippen LogP contribution is 2.28. The molecule has 6 heteroatoms. The number of carboxylic acid groups (broad SMARTS) is 1. The van der Waals surface area contributed by atoms with Crippen molar-refractivity contribution in [2.75, 3.05) is 11.9 Å². The van der Waals surface area contributed by atoms with E-state index in [4.69, 9.17) is 16.7 Å². The molecule has 1 saturated carbocycles. The van der Waals surface area contributed by atoms with Gasteiger partial charge >= 0.3 is 5.97 Å². The number of amides is 1. The van der Waals surface area contributed by atoms with Gasteiger partial charge in [0.05, 0.1) is 6.54 Å². The van der Waals surface area contributed by atoms with Crippen molar-refractivity contribution in [3.8, 4) is 0 Å². The topological polar surface area (TPSA) is 69.6 Å². The van der Waals surface area contributed by atoms with Crippen LogP contribution in [0, 0.1) is 0 Å². The molecule has 1 atom stereocenters. The summed E-state index contributed by atoms with van der Waals surface area (Å²) in [5.74, 6) is -1.14. The van der Waals surface area contributed by atoms with Crippen LogP contribution in [0.25, 0.3) is 0 Å². The van der Waals surface area contributed by atoms with E-state index in [2.05, 4.69) is 5.32 Å². The average molecular weight is 297 g/mol. The van der Waals surface area contributed by atoms with E-state index < -0.39 is 12.0 Å². The van der Waals surface area contributed by atoms with Crippen LogP contribution in [-0.4, -0.2) is 40.5 Å². The van der Waals surface area contributed by atoms with Crippen LogP contribution in [0.4, 0.5) is 5.69 Å². The van der Waals surface area contributed by atoms with Gasteiger partial charge in [0.15, 0.2) is 0 Å². The van der Waals surface area contributed by atoms with Crippen molar-refractivity contribution < 1.29 is 14.7 Å². The number of carbonyl (C=O) groups is 2. The lowest BCUT2D eigenvalue weighted by Crippen LogP contribution is -2.44. The van der Waals surface area contributed by atoms with Crippen LogP contribution >= 0.6 is 11.6 Å². The van der Waals surface area contributed by atoms with Crippen molar-refractivity contribution in [1.82, 2.24) is 4.90 Å². The molecular formula is C14H17ClN2O3. The highest BCUT2D eigenvalue weighted by molar-refractivity contribution is 6.30. The summed E-state index contributed by atoms with van der Waals surface area (Å²) in [6, 6.07) is 6.41. The molecule has 1 fully saturated rings. The first-order chi connectivity index (χ1) is 9.47. The molecule has 2 rings (SSSR count). The Morgan fingerprint density at radius 3 is 2.75 bits per heavy atom. The van der Waals surface area contributed by atoms with E-state index in [1.54, 1.807) is 36.1 Å². The van der Waals surface area contributed by atoms with Gasteiger partial charge in [-0.15, -0.1) is 0 Å². The minimum Gasteiger partial charge on any atom is -0.480 e. The summed E-state index contributed by atoms with van der Waals surface area (Å²) in [6.07, 6.45) is 1.89. The molecule has 1 amide bonds. The third-order valence-corrected chi connectivity index (χ3v) is 3.54. The molecule has 1 aromatic rings. The summed E-state index contributed by atoms with van der Waals surface area (Å²) in [6.45, 7) is 1.68. The number of hydrogen-bond acceptors (Lipinski definition) is 3. The number of carbonyl (C=O) groups excluding carboxylic acids is 1. The molecule has 5 nitrogen and oxygen atoms in total. The number of hydrogen-bond donors (Lipinski definition) is 2. The lowest BCUT2D eigenvalue weighted by atomic mass is 10.2. The zero-order chi connectivity index (χ0) is 14.7. The van der Waals surface area contributed by atoms with Crippen LogP contribution in [0.2, 0.25) is 5.02 Å². The Hall–Kier alpha value is -1.59. The van der Waals surface area contributed by atoms with Gasteiger partial charge in [-0.2, -0.15) is 0 Å². The molecule has 1 aliphatic carbocycles. The number of aliphatic carboxylic acids is 1. The molecule has 20 heavy (non-hydrogen) atoms. The molecule has 0 spiro atoms. The van der Waals surface area contributed by atoms with Crippen LogP contribution in [0.3, 0.4) is 0 Å². The van der Waals surface area contributed by atoms with Crippen molar-refractivity contribution in [2.45, 2.75) is 31.8 Å². The fraction of sp³-hybridized carbons (Fsp3) is 0.429. The molecule has 0 radical (unpaired) electrons. The Balaban J connectivity index is 1.96. The smallest absolute Gasteiger partial charge is 0.320 e. The maximum atomic E-state index is 12.0. The predicted molar refractivity (Wildman–Crippen MR) is 76.9 cm³/mol. The molecule has 1 aliphatic rings. The third kappa shape index (κ3) is 3.95. The Bertz CT molecular complexity index is 517. The highest BCUT2D eigenvalue weighted by atomic mass is 35.5. The molecule has 0 heterocycles. The summed E-state index contributed by atoms with van der Waals surface area (Å²) < 4.78 is 0. The number of nitrogens with zero attached hydrogens (tertiary/aromatic N) is 1. The average Bonchev–Trinajstić information content (AvgIpc) is 3.19. The van der Waals surface area contributed by atoms with E-state index in [0.717, 1.165) is 12.8 Å². The lowest BCUT2D eigenvalue weighted by Gasteiger charge is -2.25. The summed E-state index contributed by atoms with van der Waals surface area (Å²) in [4.78, 5) is 24.8. The Morgan fingerprint density at radius 2 is 2.20 bits per heavy atom. The van der Waals surface area contributed by atoms with Crippen molar-refractivity contribution in [3.63, 3.8) is 0 Å². The zero-order valence-corrected chi connectivity index (χ0v) is 11.9. The lowest BCUT2D eigenvalue weighted by molar-refractivity contribution is -0.143. The van der Waals surface area contributed by atoms with Crippen LogP contribution in [0.5, 0.6) is 0 Å². The number of anilines is 1. The molecular weight excluding hydrogens is 280 g/mol. The van der Waals surface area contributed by atoms with Gasteiger partial charge in [-0.05, 0) is 38.0 Å². The van der Waals surface area contributed by atoms with E-state index in [1.165, 1.54) is 0 Å². The fourth-order valence-corrected chi connectivity index (χ4v) is 2.25. The van der Waals surface area contributed by atoms with Gasteiger partial charge in [0.2, 0.25) is 5.91 Å². The molecule has 0 bridgehead atoms. The van der Waals surface area contributed by atoms with Gasteiger partial charge in [0, 0.05) is 16.8 Å². The van der Waals surface area contributed by atoms with E-state index in [9.17, 15) is 9.59 Å². The van der Waals surface area contributed by atoms with Gasteiger partial charge in [0.1, 0.15) is 6.04 Å². The predicted octanol–water partition coefficient (Wildman–Crippen LogP) is 2.22. The van der Waals surface area contributed by atoms with Crippen molar-refractivity contribution >= 4 is 29.2 Å². The van der Waals surface area contributed by atoms with Crippen LogP contribution in [-0.2, 0) is 9.59 Å². The van der Waals surface area contributed by atoms with Gasteiger partial charge in [0.25, 0.3) is 0 Å². The largest absolute Gasteiger partial charge is 0.480 e. The van der Waals surface area contributed by atoms with E-state index in [1.807, 2.05) is 0 Å². The second-order valence-electron chi connectivity index (χ2n) is 4.98. The number of benzene rings is 1. The van der Waals surface area contributed by atoms with Gasteiger partial charge in [-0.1, -0.05) is 17.7 Å². The van der Waals surface area contributed by atoms with E-state index in [-0.39, 0.29) is 18.5 Å². The number of carboxylic acids is 1. The second kappa shape index (κ2) is 6.24. The van der Waals surface area contributed by atoms with Crippen molar-refractivity contribution in [2.24, 2.45) is 0 Å². The molecule has 108 valence electrons. The Kier molecular flexibility index (Phi) is 4.62. The summed E-state index contributed by atoms with van der Waals surface area (Å²) in [5.41, 5.74) is 0.612. The van der Waals surface area contributed by atoms with Crippen molar-refractivity contribution in [1.29, 1.82) is 0 Å². The van der Waals surface area contributed by atoms with Crippen LogP contribution in [0.1, 0.15) is 19.8 Å². The van der Waals surface area contributed by atoms with Crippen molar-refractivity contribution in [3.05, 3.63) is 29.3 Å². The Labute approximate surface area is 122 Å². The highest BCUT2D eigenvalue weighted by Gasteiger charge is 2.36. The van der Waals surface area contributed by atoms with E-state index >= 15 is 0 Å². The molecule has 2 N–H and O–H groups in total. The number of halogens is 1. The SMILES string of the molecule is CC(C(=O)O)N(CC(=O)Nc1cccc(Cl)c1)C1CC1.